The van der Waals surface area contributed by atoms with Crippen LogP contribution in [0.15, 0.2) is 89.3 Å². The molecule has 12 heteroatoms. The van der Waals surface area contributed by atoms with E-state index in [-0.39, 0.29) is 28.3 Å². The fraction of sp³-hybridized carbons (Fsp3) is 0.147. The molecule has 0 spiro atoms. The van der Waals surface area contributed by atoms with E-state index in [2.05, 4.69) is 10.3 Å². The minimum atomic E-state index is -3.79. The summed E-state index contributed by atoms with van der Waals surface area (Å²) in [5.74, 6) is -0.563. The highest BCUT2D eigenvalue weighted by atomic mass is 32.2. The van der Waals surface area contributed by atoms with E-state index in [1.165, 1.54) is 44.4 Å². The number of hydrogen-bond donors (Lipinski definition) is 2. The molecule has 0 atom stereocenters. The second-order valence-electron chi connectivity index (χ2n) is 10.7. The minimum Gasteiger partial charge on any atom is -0.487 e. The maximum Gasteiger partial charge on any atom is 0.272 e. The van der Waals surface area contributed by atoms with Gasteiger partial charge in [0.2, 0.25) is 10.0 Å². The second kappa shape index (κ2) is 11.9. The molecule has 2 heterocycles. The number of para-hydroxylation sites is 1. The summed E-state index contributed by atoms with van der Waals surface area (Å²) in [5.41, 5.74) is 3.88. The zero-order valence-electron chi connectivity index (χ0n) is 24.9. The molecule has 0 bridgehead atoms. The molecule has 0 aliphatic rings. The predicted octanol–water partition coefficient (Wildman–Crippen LogP) is 7.45. The third-order valence-electron chi connectivity index (χ3n) is 7.68. The number of alkyl halides is 2. The van der Waals surface area contributed by atoms with E-state index in [9.17, 15) is 26.4 Å². The molecule has 6 aromatic rings. The van der Waals surface area contributed by atoms with Gasteiger partial charge in [0, 0.05) is 53.1 Å². The highest BCUT2D eigenvalue weighted by Gasteiger charge is 2.26. The lowest BCUT2D eigenvalue weighted by molar-refractivity contribution is 0.0822. The molecule has 8 nitrogen and oxygen atoms in total. The number of benzene rings is 4. The van der Waals surface area contributed by atoms with Crippen molar-refractivity contribution >= 4 is 43.5 Å². The molecule has 0 saturated heterocycles. The topological polar surface area (TPSA) is 105 Å². The zero-order valence-corrected chi connectivity index (χ0v) is 25.7. The van der Waals surface area contributed by atoms with Gasteiger partial charge in [-0.1, -0.05) is 24.3 Å². The Morgan fingerprint density at radius 3 is 2.37 bits per heavy atom. The van der Waals surface area contributed by atoms with Crippen molar-refractivity contribution < 1.29 is 35.5 Å². The van der Waals surface area contributed by atoms with Crippen LogP contribution in [0.3, 0.4) is 0 Å². The Morgan fingerprint density at radius 1 is 0.978 bits per heavy atom. The summed E-state index contributed by atoms with van der Waals surface area (Å²) in [5, 5.41) is 3.89. The molecule has 0 radical (unpaired) electrons. The normalized spacial score (nSPS) is 11.8. The Bertz CT molecular complexity index is 2180. The van der Waals surface area contributed by atoms with Crippen LogP contribution in [0.1, 0.15) is 10.4 Å². The lowest BCUT2D eigenvalue weighted by Crippen LogP contribution is -2.25. The van der Waals surface area contributed by atoms with E-state index in [0.717, 1.165) is 21.5 Å². The van der Waals surface area contributed by atoms with Gasteiger partial charge in [-0.25, -0.2) is 21.6 Å². The SMILES string of the molecule is CNC(=O)c1c(-c2ccc(F)cc2)oc2cc(N(C)S(C)(=O)=O)c(-c3ccc(OCC(F)F)c(-c4cc5ccccc5[nH]4)c3)cc12. The predicted molar refractivity (Wildman–Crippen MR) is 172 cm³/mol. The summed E-state index contributed by atoms with van der Waals surface area (Å²) in [4.78, 5) is 16.5. The number of sulfonamides is 1. The van der Waals surface area contributed by atoms with Gasteiger partial charge in [0.25, 0.3) is 12.3 Å². The number of aromatic amines is 1. The van der Waals surface area contributed by atoms with Crippen molar-refractivity contribution in [3.63, 3.8) is 0 Å². The number of hydrogen-bond acceptors (Lipinski definition) is 5. The molecular weight excluding hydrogens is 619 g/mol. The summed E-state index contributed by atoms with van der Waals surface area (Å²) < 4.78 is 78.5. The van der Waals surface area contributed by atoms with Gasteiger partial charge in [-0.05, 0) is 60.2 Å². The Balaban J connectivity index is 1.62. The number of carbonyl (C=O) groups excluding carboxylic acids is 1. The van der Waals surface area contributed by atoms with Crippen molar-refractivity contribution in [2.24, 2.45) is 0 Å². The molecule has 0 fully saturated rings. The number of fused-ring (bicyclic) bond motifs is 2. The number of halogens is 3. The molecule has 6 rings (SSSR count). The molecular formula is C34H28F3N3O5S. The largest absolute Gasteiger partial charge is 0.487 e. The molecule has 0 unspecified atom stereocenters. The summed E-state index contributed by atoms with van der Waals surface area (Å²) in [7, 11) is -0.929. The number of aromatic nitrogens is 1. The number of rotatable bonds is 9. The van der Waals surface area contributed by atoms with Crippen LogP contribution in [0.5, 0.6) is 5.75 Å². The maximum atomic E-state index is 13.7. The first-order valence-electron chi connectivity index (χ1n) is 14.1. The number of carbonyl (C=O) groups is 1. The van der Waals surface area contributed by atoms with E-state index in [0.29, 0.717) is 33.3 Å². The number of nitrogens with zero attached hydrogens (tertiary/aromatic N) is 1. The third-order valence-corrected chi connectivity index (χ3v) is 8.87. The highest BCUT2D eigenvalue weighted by molar-refractivity contribution is 7.92. The number of ether oxygens (including phenoxy) is 1. The first-order chi connectivity index (χ1) is 21.9. The molecule has 0 aliphatic heterocycles. The van der Waals surface area contributed by atoms with Gasteiger partial charge in [-0.3, -0.25) is 9.10 Å². The van der Waals surface area contributed by atoms with E-state index >= 15 is 0 Å². The molecule has 2 aromatic heterocycles. The van der Waals surface area contributed by atoms with Gasteiger partial charge in [0.1, 0.15) is 29.5 Å². The van der Waals surface area contributed by atoms with Crippen molar-refractivity contribution in [1.82, 2.24) is 10.3 Å². The molecule has 0 saturated carbocycles. The number of furan rings is 1. The summed E-state index contributed by atoms with van der Waals surface area (Å²) >= 11 is 0. The second-order valence-corrected chi connectivity index (χ2v) is 12.7. The summed E-state index contributed by atoms with van der Waals surface area (Å²) in [6.45, 7) is -0.822. The average molecular weight is 648 g/mol. The molecule has 236 valence electrons. The van der Waals surface area contributed by atoms with Crippen LogP contribution in [0, 0.1) is 5.82 Å². The molecule has 2 N–H and O–H groups in total. The molecule has 4 aromatic carbocycles. The smallest absolute Gasteiger partial charge is 0.272 e. The van der Waals surface area contributed by atoms with Crippen LogP contribution in [-0.2, 0) is 10.0 Å². The Kier molecular flexibility index (Phi) is 7.99. The van der Waals surface area contributed by atoms with Crippen molar-refractivity contribution in [2.45, 2.75) is 6.43 Å². The lowest BCUT2D eigenvalue weighted by Gasteiger charge is -2.21. The standard InChI is InChI=1S/C34H28F3N3O5S/c1-38-34(41)32-25-16-23(28(40(2)46(3,42)43)17-30(25)45-33(32)19-8-11-22(35)12-9-19)20-10-13-29(44-18-31(36)37)24(14-20)27-15-21-6-4-5-7-26(21)39-27/h4-17,31,39H,18H2,1-3H3,(H,38,41). The van der Waals surface area contributed by atoms with E-state index in [1.807, 2.05) is 30.3 Å². The summed E-state index contributed by atoms with van der Waals surface area (Å²) in [6.07, 6.45) is -1.65. The van der Waals surface area contributed by atoms with Gasteiger partial charge in [0.15, 0.2) is 0 Å². The number of H-pyrrole nitrogens is 1. The van der Waals surface area contributed by atoms with Crippen LogP contribution < -0.4 is 14.4 Å². The highest BCUT2D eigenvalue weighted by Crippen LogP contribution is 2.43. The van der Waals surface area contributed by atoms with Gasteiger partial charge in [-0.2, -0.15) is 0 Å². The zero-order chi connectivity index (χ0) is 32.7. The minimum absolute atomic E-state index is 0.173. The van der Waals surface area contributed by atoms with Crippen molar-refractivity contribution in [1.29, 1.82) is 0 Å². The first kappa shape index (κ1) is 30.8. The van der Waals surface area contributed by atoms with Crippen molar-refractivity contribution in [3.05, 3.63) is 96.3 Å². The lowest BCUT2D eigenvalue weighted by atomic mass is 9.96. The Hall–Kier alpha value is -5.23. The average Bonchev–Trinajstić information content (AvgIpc) is 3.64. The van der Waals surface area contributed by atoms with Gasteiger partial charge in [0.05, 0.1) is 23.2 Å². The van der Waals surface area contributed by atoms with Gasteiger partial charge in [-0.15, -0.1) is 0 Å². The van der Waals surface area contributed by atoms with Crippen molar-refractivity contribution in [3.8, 4) is 39.5 Å². The molecule has 46 heavy (non-hydrogen) atoms. The first-order valence-corrected chi connectivity index (χ1v) is 16.0. The van der Waals surface area contributed by atoms with E-state index < -0.39 is 34.8 Å². The van der Waals surface area contributed by atoms with Crippen LogP contribution in [-0.4, -0.2) is 52.7 Å². The fourth-order valence-corrected chi connectivity index (χ4v) is 5.87. The van der Waals surface area contributed by atoms with Gasteiger partial charge < -0.3 is 19.5 Å². The maximum absolute atomic E-state index is 13.7. The van der Waals surface area contributed by atoms with Crippen molar-refractivity contribution in [2.75, 3.05) is 31.3 Å². The van der Waals surface area contributed by atoms with Crippen LogP contribution in [0.4, 0.5) is 18.9 Å². The Labute approximate surface area is 262 Å². The van der Waals surface area contributed by atoms with E-state index in [1.54, 1.807) is 24.3 Å². The number of anilines is 1. The van der Waals surface area contributed by atoms with E-state index in [4.69, 9.17) is 9.15 Å². The third kappa shape index (κ3) is 5.79. The molecule has 0 aliphatic carbocycles. The monoisotopic (exact) mass is 647 g/mol. The van der Waals surface area contributed by atoms with Crippen LogP contribution >= 0.6 is 0 Å². The fourth-order valence-electron chi connectivity index (χ4n) is 5.36. The number of amides is 1. The van der Waals surface area contributed by atoms with Gasteiger partial charge >= 0.3 is 0 Å². The summed E-state index contributed by atoms with van der Waals surface area (Å²) in [6, 6.07) is 22.9. The number of nitrogens with one attached hydrogen (secondary N) is 2. The molecule has 1 amide bonds. The van der Waals surface area contributed by atoms with Crippen LogP contribution in [0.2, 0.25) is 0 Å². The van der Waals surface area contributed by atoms with Crippen LogP contribution in [0.25, 0.3) is 55.6 Å². The quantitative estimate of drug-likeness (QED) is 0.170. The Morgan fingerprint density at radius 2 is 1.70 bits per heavy atom.